The number of carbonyl (C=O) groups excluding carboxylic acids is 1. The second-order valence-electron chi connectivity index (χ2n) is 5.30. The third-order valence-corrected chi connectivity index (χ3v) is 3.80. The van der Waals surface area contributed by atoms with Crippen LogP contribution >= 0.6 is 12.4 Å². The number of hydrogen-bond acceptors (Lipinski definition) is 3. The van der Waals surface area contributed by atoms with Crippen LogP contribution in [0.15, 0.2) is 0 Å². The highest BCUT2D eigenvalue weighted by Gasteiger charge is 2.37. The summed E-state index contributed by atoms with van der Waals surface area (Å²) in [4.78, 5) is 12.1. The highest BCUT2D eigenvalue weighted by atomic mass is 35.5. The zero-order valence-electron chi connectivity index (χ0n) is 10.6. The van der Waals surface area contributed by atoms with E-state index in [1.165, 1.54) is 0 Å². The molecule has 4 nitrogen and oxygen atoms in total. The van der Waals surface area contributed by atoms with Crippen LogP contribution in [0.2, 0.25) is 0 Å². The second kappa shape index (κ2) is 6.03. The van der Waals surface area contributed by atoms with E-state index in [1.54, 1.807) is 0 Å². The molecule has 2 aliphatic heterocycles. The molecule has 0 aromatic rings. The lowest BCUT2D eigenvalue weighted by Gasteiger charge is -2.27. The smallest absolute Gasteiger partial charge is 0.227 e. The normalized spacial score (nSPS) is 34.1. The van der Waals surface area contributed by atoms with Crippen LogP contribution in [0.3, 0.4) is 0 Å². The number of amides is 1. The third kappa shape index (κ3) is 3.33. The summed E-state index contributed by atoms with van der Waals surface area (Å²) in [5.41, 5.74) is -0.229. The summed E-state index contributed by atoms with van der Waals surface area (Å²) < 4.78 is 5.58. The predicted octanol–water partition coefficient (Wildman–Crippen LogP) is 1.09. The molecule has 0 saturated carbocycles. The molecule has 0 aromatic heterocycles. The van der Waals surface area contributed by atoms with Crippen molar-refractivity contribution in [1.29, 1.82) is 0 Å². The monoisotopic (exact) mass is 262 g/mol. The molecule has 3 atom stereocenters. The quantitative estimate of drug-likeness (QED) is 0.801. The van der Waals surface area contributed by atoms with E-state index in [0.717, 1.165) is 39.0 Å². The predicted molar refractivity (Wildman–Crippen MR) is 69.4 cm³/mol. The van der Waals surface area contributed by atoms with Gasteiger partial charge in [-0.05, 0) is 39.7 Å². The van der Waals surface area contributed by atoms with Crippen molar-refractivity contribution in [3.8, 4) is 0 Å². The van der Waals surface area contributed by atoms with Crippen molar-refractivity contribution in [2.45, 2.75) is 45.3 Å². The van der Waals surface area contributed by atoms with Crippen LogP contribution in [0.25, 0.3) is 0 Å². The van der Waals surface area contributed by atoms with Gasteiger partial charge in [-0.2, -0.15) is 0 Å². The fraction of sp³-hybridized carbons (Fsp3) is 0.917. The molecular weight excluding hydrogens is 240 g/mol. The molecule has 0 radical (unpaired) electrons. The first-order valence-corrected chi connectivity index (χ1v) is 6.25. The van der Waals surface area contributed by atoms with Gasteiger partial charge in [-0.1, -0.05) is 0 Å². The summed E-state index contributed by atoms with van der Waals surface area (Å²) in [6.45, 7) is 6.64. The molecule has 17 heavy (non-hydrogen) atoms. The van der Waals surface area contributed by atoms with E-state index in [1.807, 2.05) is 13.8 Å². The summed E-state index contributed by atoms with van der Waals surface area (Å²) in [5.74, 6) is 0.167. The van der Waals surface area contributed by atoms with Crippen molar-refractivity contribution in [1.82, 2.24) is 10.6 Å². The van der Waals surface area contributed by atoms with Gasteiger partial charge in [0.05, 0.1) is 17.6 Å². The van der Waals surface area contributed by atoms with Gasteiger partial charge in [0.15, 0.2) is 0 Å². The minimum Gasteiger partial charge on any atom is -0.376 e. The van der Waals surface area contributed by atoms with E-state index in [4.69, 9.17) is 4.74 Å². The summed E-state index contributed by atoms with van der Waals surface area (Å²) in [6.07, 6.45) is 3.32. The van der Waals surface area contributed by atoms with Crippen LogP contribution in [0, 0.1) is 5.41 Å². The maximum atomic E-state index is 12.1. The number of hydrogen-bond donors (Lipinski definition) is 2. The minimum absolute atomic E-state index is 0. The fourth-order valence-corrected chi connectivity index (χ4v) is 2.48. The van der Waals surface area contributed by atoms with Crippen molar-refractivity contribution >= 4 is 18.3 Å². The zero-order valence-corrected chi connectivity index (χ0v) is 11.4. The van der Waals surface area contributed by atoms with Gasteiger partial charge in [-0.3, -0.25) is 4.79 Å². The Labute approximate surface area is 109 Å². The van der Waals surface area contributed by atoms with Crippen LogP contribution in [0.5, 0.6) is 0 Å². The Balaban J connectivity index is 0.00000144. The van der Waals surface area contributed by atoms with Gasteiger partial charge >= 0.3 is 0 Å². The number of ether oxygens (including phenoxy) is 1. The number of rotatable bonds is 3. The molecule has 3 unspecified atom stereocenters. The molecule has 1 amide bonds. The molecule has 2 aliphatic rings. The Hall–Kier alpha value is -0.320. The fourth-order valence-electron chi connectivity index (χ4n) is 2.48. The Bertz CT molecular complexity index is 261. The van der Waals surface area contributed by atoms with E-state index in [-0.39, 0.29) is 35.9 Å². The van der Waals surface area contributed by atoms with Gasteiger partial charge in [0.2, 0.25) is 5.91 Å². The standard InChI is InChI=1S/C12H22N2O2.ClH/c1-9(10-4-3-7-16-10)14-11(15)12(2)5-6-13-8-12;/h9-10,13H,3-8H2,1-2H3,(H,14,15);1H. The van der Waals surface area contributed by atoms with Crippen molar-refractivity contribution in [3.63, 3.8) is 0 Å². The van der Waals surface area contributed by atoms with Gasteiger partial charge in [0, 0.05) is 13.2 Å². The van der Waals surface area contributed by atoms with Gasteiger partial charge in [0.1, 0.15) is 0 Å². The first kappa shape index (κ1) is 14.7. The molecule has 0 aromatic carbocycles. The van der Waals surface area contributed by atoms with Crippen LogP contribution < -0.4 is 10.6 Å². The number of carbonyl (C=O) groups is 1. The van der Waals surface area contributed by atoms with E-state index >= 15 is 0 Å². The number of halogens is 1. The maximum Gasteiger partial charge on any atom is 0.227 e. The first-order chi connectivity index (χ1) is 7.62. The minimum atomic E-state index is -0.229. The largest absolute Gasteiger partial charge is 0.376 e. The first-order valence-electron chi connectivity index (χ1n) is 6.25. The van der Waals surface area contributed by atoms with Crippen LogP contribution in [-0.4, -0.2) is 37.7 Å². The number of nitrogens with one attached hydrogen (secondary N) is 2. The topological polar surface area (TPSA) is 50.4 Å². The highest BCUT2D eigenvalue weighted by Crippen LogP contribution is 2.25. The summed E-state index contributed by atoms with van der Waals surface area (Å²) in [5, 5.41) is 6.34. The molecular formula is C12H23ClN2O2. The van der Waals surface area contributed by atoms with Crippen molar-refractivity contribution < 1.29 is 9.53 Å². The van der Waals surface area contributed by atoms with Gasteiger partial charge in [-0.15, -0.1) is 12.4 Å². The van der Waals surface area contributed by atoms with Crippen LogP contribution in [-0.2, 0) is 9.53 Å². The lowest BCUT2D eigenvalue weighted by molar-refractivity contribution is -0.130. The lowest BCUT2D eigenvalue weighted by atomic mass is 9.88. The van der Waals surface area contributed by atoms with Gasteiger partial charge in [0.25, 0.3) is 0 Å². The Morgan fingerprint density at radius 3 is 2.88 bits per heavy atom. The molecule has 2 saturated heterocycles. The molecule has 100 valence electrons. The summed E-state index contributed by atoms with van der Waals surface area (Å²) in [6, 6.07) is 0.132. The molecule has 0 bridgehead atoms. The maximum absolute atomic E-state index is 12.1. The highest BCUT2D eigenvalue weighted by molar-refractivity contribution is 5.85. The van der Waals surface area contributed by atoms with Crippen molar-refractivity contribution in [2.75, 3.05) is 19.7 Å². The third-order valence-electron chi connectivity index (χ3n) is 3.80. The second-order valence-corrected chi connectivity index (χ2v) is 5.30. The Morgan fingerprint density at radius 1 is 1.59 bits per heavy atom. The van der Waals surface area contributed by atoms with Gasteiger partial charge in [-0.25, -0.2) is 0 Å². The van der Waals surface area contributed by atoms with Gasteiger partial charge < -0.3 is 15.4 Å². The average molecular weight is 263 g/mol. The molecule has 0 aliphatic carbocycles. The average Bonchev–Trinajstić information content (AvgIpc) is 2.88. The molecule has 0 spiro atoms. The van der Waals surface area contributed by atoms with E-state index < -0.39 is 0 Å². The van der Waals surface area contributed by atoms with E-state index in [9.17, 15) is 4.79 Å². The Morgan fingerprint density at radius 2 is 2.35 bits per heavy atom. The molecule has 2 N–H and O–H groups in total. The molecule has 5 heteroatoms. The molecule has 2 heterocycles. The van der Waals surface area contributed by atoms with Crippen molar-refractivity contribution in [3.05, 3.63) is 0 Å². The van der Waals surface area contributed by atoms with Crippen LogP contribution in [0.1, 0.15) is 33.1 Å². The van der Waals surface area contributed by atoms with E-state index in [2.05, 4.69) is 10.6 Å². The molecule has 2 fully saturated rings. The zero-order chi connectivity index (χ0) is 11.6. The summed E-state index contributed by atoms with van der Waals surface area (Å²) in [7, 11) is 0. The van der Waals surface area contributed by atoms with Crippen molar-refractivity contribution in [2.24, 2.45) is 5.41 Å². The van der Waals surface area contributed by atoms with Crippen LogP contribution in [0.4, 0.5) is 0 Å². The molecule has 2 rings (SSSR count). The SMILES string of the molecule is CC(NC(=O)C1(C)CCNC1)C1CCCO1.Cl. The Kier molecular flexibility index (Phi) is 5.22. The summed E-state index contributed by atoms with van der Waals surface area (Å²) >= 11 is 0. The lowest BCUT2D eigenvalue weighted by Crippen LogP contribution is -2.48. The van der Waals surface area contributed by atoms with E-state index in [0.29, 0.717) is 0 Å².